The first kappa shape index (κ1) is 12.9. The van der Waals surface area contributed by atoms with Crippen molar-refractivity contribution < 1.29 is 9.18 Å². The van der Waals surface area contributed by atoms with Crippen LogP contribution >= 0.6 is 0 Å². The van der Waals surface area contributed by atoms with Crippen molar-refractivity contribution in [2.24, 2.45) is 0 Å². The van der Waals surface area contributed by atoms with E-state index in [-0.39, 0.29) is 17.8 Å². The summed E-state index contributed by atoms with van der Waals surface area (Å²) < 4.78 is 13.5. The van der Waals surface area contributed by atoms with E-state index in [0.717, 1.165) is 11.8 Å². The van der Waals surface area contributed by atoms with E-state index in [1.165, 1.54) is 12.1 Å². The van der Waals surface area contributed by atoms with E-state index in [0.29, 0.717) is 5.69 Å². The Morgan fingerprint density at radius 2 is 2.16 bits per heavy atom. The second-order valence-electron chi connectivity index (χ2n) is 4.07. The second kappa shape index (κ2) is 5.43. The monoisotopic (exact) mass is 260 g/mol. The first-order chi connectivity index (χ1) is 9.06. The summed E-state index contributed by atoms with van der Waals surface area (Å²) in [6.07, 6.45) is 3.17. The third kappa shape index (κ3) is 3.25. The van der Waals surface area contributed by atoms with Crippen LogP contribution in [0.25, 0.3) is 0 Å². The van der Waals surface area contributed by atoms with Gasteiger partial charge in [0.15, 0.2) is 0 Å². The van der Waals surface area contributed by atoms with Crippen LogP contribution in [0.2, 0.25) is 0 Å². The summed E-state index contributed by atoms with van der Waals surface area (Å²) >= 11 is 0. The number of aromatic nitrogens is 2. The summed E-state index contributed by atoms with van der Waals surface area (Å²) in [5.74, 6) is -1.16. The zero-order valence-corrected chi connectivity index (χ0v) is 10.4. The van der Waals surface area contributed by atoms with Crippen molar-refractivity contribution in [1.82, 2.24) is 15.3 Å². The van der Waals surface area contributed by atoms with E-state index in [2.05, 4.69) is 15.3 Å². The highest BCUT2D eigenvalue weighted by Gasteiger charge is 2.11. The Morgan fingerprint density at radius 3 is 2.79 bits per heavy atom. The number of nitrogens with zero attached hydrogens (tertiary/aromatic N) is 2. The van der Waals surface area contributed by atoms with E-state index in [4.69, 9.17) is 5.73 Å². The summed E-state index contributed by atoms with van der Waals surface area (Å²) in [7, 11) is 0. The lowest BCUT2D eigenvalue weighted by Crippen LogP contribution is -2.24. The minimum Gasteiger partial charge on any atom is -0.399 e. The highest BCUT2D eigenvalue weighted by atomic mass is 19.1. The Morgan fingerprint density at radius 1 is 1.37 bits per heavy atom. The van der Waals surface area contributed by atoms with Crippen molar-refractivity contribution in [2.75, 3.05) is 5.73 Å². The van der Waals surface area contributed by atoms with Gasteiger partial charge in [-0.1, -0.05) is 0 Å². The normalized spacial score (nSPS) is 10.2. The molecular formula is C13H13FN4O. The van der Waals surface area contributed by atoms with Crippen LogP contribution in [-0.4, -0.2) is 15.9 Å². The molecule has 98 valence electrons. The minimum atomic E-state index is -0.646. The number of hydrogen-bond donors (Lipinski definition) is 2. The molecule has 5 nitrogen and oxygen atoms in total. The maximum atomic E-state index is 13.5. The number of nitrogens with one attached hydrogen (secondary N) is 1. The number of anilines is 1. The summed E-state index contributed by atoms with van der Waals surface area (Å²) in [6.45, 7) is 2.01. The zero-order chi connectivity index (χ0) is 13.8. The summed E-state index contributed by atoms with van der Waals surface area (Å²) in [6, 6.07) is 3.94. The molecule has 2 rings (SSSR count). The van der Waals surface area contributed by atoms with Crippen LogP contribution in [0.5, 0.6) is 0 Å². The number of nitrogen functional groups attached to an aromatic ring is 1. The number of halogens is 1. The molecule has 0 fully saturated rings. The number of hydrogen-bond acceptors (Lipinski definition) is 4. The van der Waals surface area contributed by atoms with Crippen molar-refractivity contribution in [2.45, 2.75) is 13.5 Å². The largest absolute Gasteiger partial charge is 0.399 e. The van der Waals surface area contributed by atoms with Crippen molar-refractivity contribution in [3.05, 3.63) is 53.4 Å². The lowest BCUT2D eigenvalue weighted by Gasteiger charge is -2.06. The molecule has 0 aliphatic rings. The van der Waals surface area contributed by atoms with Crippen LogP contribution < -0.4 is 11.1 Å². The van der Waals surface area contributed by atoms with E-state index < -0.39 is 11.7 Å². The predicted molar refractivity (Wildman–Crippen MR) is 68.8 cm³/mol. The molecule has 0 unspecified atom stereocenters. The number of amides is 1. The minimum absolute atomic E-state index is 0.0470. The van der Waals surface area contributed by atoms with Crippen LogP contribution in [0, 0.1) is 12.7 Å². The molecule has 0 saturated heterocycles. The van der Waals surface area contributed by atoms with Gasteiger partial charge in [-0.15, -0.1) is 0 Å². The molecule has 1 amide bonds. The molecule has 0 atom stereocenters. The lowest BCUT2D eigenvalue weighted by atomic mass is 10.2. The summed E-state index contributed by atoms with van der Waals surface area (Å²) in [5, 5.41) is 2.57. The highest BCUT2D eigenvalue weighted by Crippen LogP contribution is 2.11. The SMILES string of the molecule is Cc1cnc(CNC(=O)c2ccc(N)cc2F)cn1. The van der Waals surface area contributed by atoms with E-state index in [1.807, 2.05) is 6.92 Å². The Bertz CT molecular complexity index is 598. The van der Waals surface area contributed by atoms with Crippen LogP contribution in [0.15, 0.2) is 30.6 Å². The molecule has 0 aliphatic carbocycles. The fourth-order valence-electron chi connectivity index (χ4n) is 1.49. The fraction of sp³-hybridized carbons (Fsp3) is 0.154. The molecule has 3 N–H and O–H groups in total. The van der Waals surface area contributed by atoms with Crippen LogP contribution in [0.3, 0.4) is 0 Å². The second-order valence-corrected chi connectivity index (χ2v) is 4.07. The number of benzene rings is 1. The van der Waals surface area contributed by atoms with Gasteiger partial charge in [0.2, 0.25) is 0 Å². The third-order valence-electron chi connectivity index (χ3n) is 2.50. The molecule has 1 aromatic carbocycles. The van der Waals surface area contributed by atoms with Gasteiger partial charge in [0.25, 0.3) is 5.91 Å². The van der Waals surface area contributed by atoms with Crippen molar-refractivity contribution >= 4 is 11.6 Å². The van der Waals surface area contributed by atoms with Gasteiger partial charge < -0.3 is 11.1 Å². The quantitative estimate of drug-likeness (QED) is 0.818. The molecule has 1 aromatic heterocycles. The molecule has 1 heterocycles. The van der Waals surface area contributed by atoms with Crippen LogP contribution in [0.1, 0.15) is 21.7 Å². The zero-order valence-electron chi connectivity index (χ0n) is 10.4. The van der Waals surface area contributed by atoms with E-state index in [1.54, 1.807) is 12.4 Å². The van der Waals surface area contributed by atoms with Gasteiger partial charge in [0, 0.05) is 11.9 Å². The van der Waals surface area contributed by atoms with Crippen molar-refractivity contribution in [1.29, 1.82) is 0 Å². The first-order valence-electron chi connectivity index (χ1n) is 5.67. The summed E-state index contributed by atoms with van der Waals surface area (Å²) in [4.78, 5) is 19.9. The molecule has 0 saturated carbocycles. The van der Waals surface area contributed by atoms with Crippen molar-refractivity contribution in [3.8, 4) is 0 Å². The highest BCUT2D eigenvalue weighted by molar-refractivity contribution is 5.94. The Labute approximate surface area is 109 Å². The number of aryl methyl sites for hydroxylation is 1. The van der Waals surface area contributed by atoms with Gasteiger partial charge in [-0.05, 0) is 25.1 Å². The maximum Gasteiger partial charge on any atom is 0.254 e. The average Bonchev–Trinajstić information content (AvgIpc) is 2.37. The lowest BCUT2D eigenvalue weighted by molar-refractivity contribution is 0.0946. The van der Waals surface area contributed by atoms with Gasteiger partial charge >= 0.3 is 0 Å². The summed E-state index contributed by atoms with van der Waals surface area (Å²) in [5.41, 5.74) is 7.04. The van der Waals surface area contributed by atoms with Gasteiger partial charge in [0.1, 0.15) is 5.82 Å². The number of rotatable bonds is 3. The maximum absolute atomic E-state index is 13.5. The molecule has 19 heavy (non-hydrogen) atoms. The van der Waals surface area contributed by atoms with Gasteiger partial charge in [-0.3, -0.25) is 14.8 Å². The molecule has 0 spiro atoms. The van der Waals surface area contributed by atoms with Crippen LogP contribution in [-0.2, 0) is 6.54 Å². The molecule has 2 aromatic rings. The number of nitrogens with two attached hydrogens (primary N) is 1. The molecule has 0 aliphatic heterocycles. The third-order valence-corrected chi connectivity index (χ3v) is 2.50. The standard InChI is InChI=1S/C13H13FN4O/c1-8-5-17-10(6-16-8)7-18-13(19)11-3-2-9(15)4-12(11)14/h2-6H,7,15H2,1H3,(H,18,19). The van der Waals surface area contributed by atoms with Gasteiger partial charge in [0.05, 0.1) is 29.7 Å². The van der Waals surface area contributed by atoms with E-state index >= 15 is 0 Å². The molecule has 0 bridgehead atoms. The topological polar surface area (TPSA) is 80.9 Å². The Kier molecular flexibility index (Phi) is 3.70. The van der Waals surface area contributed by atoms with E-state index in [9.17, 15) is 9.18 Å². The van der Waals surface area contributed by atoms with Gasteiger partial charge in [-0.25, -0.2) is 4.39 Å². The Balaban J connectivity index is 2.03. The molecular weight excluding hydrogens is 247 g/mol. The predicted octanol–water partition coefficient (Wildman–Crippen LogP) is 1.44. The smallest absolute Gasteiger partial charge is 0.254 e. The Hall–Kier alpha value is -2.50. The van der Waals surface area contributed by atoms with Crippen molar-refractivity contribution in [3.63, 3.8) is 0 Å². The number of carbonyl (C=O) groups is 1. The average molecular weight is 260 g/mol. The number of carbonyl (C=O) groups excluding carboxylic acids is 1. The van der Waals surface area contributed by atoms with Crippen LogP contribution in [0.4, 0.5) is 10.1 Å². The first-order valence-corrected chi connectivity index (χ1v) is 5.67. The molecule has 0 radical (unpaired) electrons. The van der Waals surface area contributed by atoms with Gasteiger partial charge in [-0.2, -0.15) is 0 Å². The fourth-order valence-corrected chi connectivity index (χ4v) is 1.49. The molecule has 6 heteroatoms.